The molecule has 0 N–H and O–H groups in total. The second-order valence-electron chi connectivity index (χ2n) is 8.01. The number of ether oxygens (including phenoxy) is 4. The van der Waals surface area contributed by atoms with E-state index in [0.717, 1.165) is 11.1 Å². The molecule has 4 rings (SSSR count). The third-order valence-corrected chi connectivity index (χ3v) is 6.02. The second-order valence-corrected chi connectivity index (χ2v) is 8.01. The van der Waals surface area contributed by atoms with Gasteiger partial charge >= 0.3 is 5.97 Å². The fourth-order valence-corrected chi connectivity index (χ4v) is 4.22. The smallest absolute Gasteiger partial charge is 0.337 e. The van der Waals surface area contributed by atoms with Crippen molar-refractivity contribution in [2.75, 3.05) is 34.5 Å². The molecule has 0 bridgehead atoms. The molecule has 0 fully saturated rings. The van der Waals surface area contributed by atoms with Crippen LogP contribution in [-0.4, -0.2) is 51.3 Å². The van der Waals surface area contributed by atoms with Crippen molar-refractivity contribution < 1.29 is 32.9 Å². The van der Waals surface area contributed by atoms with E-state index in [1.807, 2.05) is 12.1 Å². The Morgan fingerprint density at radius 2 is 1.66 bits per heavy atom. The van der Waals surface area contributed by atoms with E-state index in [1.54, 1.807) is 49.5 Å². The molecule has 1 atom stereocenters. The van der Waals surface area contributed by atoms with E-state index >= 15 is 0 Å². The molecule has 0 radical (unpaired) electrons. The largest absolute Gasteiger partial charge is 0.493 e. The third-order valence-electron chi connectivity index (χ3n) is 6.02. The fraction of sp³-hybridized carbons (Fsp3) is 0.259. The van der Waals surface area contributed by atoms with Gasteiger partial charge in [-0.3, -0.25) is 4.79 Å². The zero-order valence-corrected chi connectivity index (χ0v) is 19.7. The number of carbonyl (C=O) groups is 2. The van der Waals surface area contributed by atoms with Crippen LogP contribution in [0.4, 0.5) is 4.39 Å². The van der Waals surface area contributed by atoms with Gasteiger partial charge in [0.1, 0.15) is 18.2 Å². The van der Waals surface area contributed by atoms with Gasteiger partial charge in [0.15, 0.2) is 11.5 Å². The van der Waals surface area contributed by atoms with E-state index < -0.39 is 17.8 Å². The molecule has 0 aromatic heterocycles. The SMILES string of the molecule is COC(=O)c1ccc(OCC2c3cc(OC)c(OC)cc3CCN2C(=O)c2cccc(F)c2)cc1. The topological polar surface area (TPSA) is 74.3 Å². The maximum absolute atomic E-state index is 13.8. The van der Waals surface area contributed by atoms with Gasteiger partial charge in [-0.15, -0.1) is 0 Å². The highest BCUT2D eigenvalue weighted by Gasteiger charge is 2.33. The Hall–Kier alpha value is -4.07. The molecule has 1 aliphatic rings. The van der Waals surface area contributed by atoms with Crippen molar-refractivity contribution in [1.82, 2.24) is 4.90 Å². The number of methoxy groups -OCH3 is 3. The lowest BCUT2D eigenvalue weighted by Gasteiger charge is -2.37. The molecule has 35 heavy (non-hydrogen) atoms. The van der Waals surface area contributed by atoms with Gasteiger partial charge in [-0.1, -0.05) is 6.07 Å². The molecule has 1 aliphatic heterocycles. The van der Waals surface area contributed by atoms with Crippen LogP contribution in [0.1, 0.15) is 37.9 Å². The molecule has 3 aromatic carbocycles. The van der Waals surface area contributed by atoms with Crippen LogP contribution in [-0.2, 0) is 11.2 Å². The normalized spacial score (nSPS) is 14.6. The number of rotatable bonds is 7. The summed E-state index contributed by atoms with van der Waals surface area (Å²) in [5, 5.41) is 0. The Morgan fingerprint density at radius 1 is 0.943 bits per heavy atom. The number of benzene rings is 3. The number of fused-ring (bicyclic) bond motifs is 1. The van der Waals surface area contributed by atoms with Gasteiger partial charge in [-0.2, -0.15) is 0 Å². The van der Waals surface area contributed by atoms with Crippen molar-refractivity contribution in [1.29, 1.82) is 0 Å². The summed E-state index contributed by atoms with van der Waals surface area (Å²) in [6, 6.07) is 15.5. The number of hydrogen-bond acceptors (Lipinski definition) is 6. The van der Waals surface area contributed by atoms with Crippen LogP contribution < -0.4 is 14.2 Å². The number of hydrogen-bond donors (Lipinski definition) is 0. The average Bonchev–Trinajstić information content (AvgIpc) is 2.90. The first kappa shape index (κ1) is 24.1. The summed E-state index contributed by atoms with van der Waals surface area (Å²) in [4.78, 5) is 26.8. The maximum atomic E-state index is 13.8. The van der Waals surface area contributed by atoms with Gasteiger partial charge in [0.05, 0.1) is 32.9 Å². The molecule has 0 aliphatic carbocycles. The number of carbonyl (C=O) groups excluding carboxylic acids is 2. The molecule has 0 spiro atoms. The van der Waals surface area contributed by atoms with Gasteiger partial charge in [-0.05, 0) is 72.1 Å². The van der Waals surface area contributed by atoms with E-state index in [1.165, 1.54) is 25.3 Å². The number of nitrogens with zero attached hydrogens (tertiary/aromatic N) is 1. The Bertz CT molecular complexity index is 1230. The number of esters is 1. The Balaban J connectivity index is 1.66. The van der Waals surface area contributed by atoms with Gasteiger partial charge in [-0.25, -0.2) is 9.18 Å². The highest BCUT2D eigenvalue weighted by Crippen LogP contribution is 2.39. The van der Waals surface area contributed by atoms with Crippen LogP contribution >= 0.6 is 0 Å². The second kappa shape index (κ2) is 10.5. The van der Waals surface area contributed by atoms with Crippen LogP contribution in [0.25, 0.3) is 0 Å². The average molecular weight is 480 g/mol. The zero-order valence-electron chi connectivity index (χ0n) is 19.7. The van der Waals surface area contributed by atoms with Gasteiger partial charge in [0, 0.05) is 12.1 Å². The van der Waals surface area contributed by atoms with E-state index in [-0.39, 0.29) is 18.1 Å². The van der Waals surface area contributed by atoms with Crippen molar-refractivity contribution >= 4 is 11.9 Å². The van der Waals surface area contributed by atoms with Crippen molar-refractivity contribution in [3.8, 4) is 17.2 Å². The first-order valence-corrected chi connectivity index (χ1v) is 11.1. The standard InChI is InChI=1S/C27H26FNO6/c1-32-24-14-18-11-12-29(26(30)19-5-4-6-20(28)13-19)23(22(18)15-25(24)33-2)16-35-21-9-7-17(8-10-21)27(31)34-3/h4-10,13-15,23H,11-12,16H2,1-3H3. The van der Waals surface area contributed by atoms with E-state index in [9.17, 15) is 14.0 Å². The minimum absolute atomic E-state index is 0.140. The third kappa shape index (κ3) is 5.06. The summed E-state index contributed by atoms with van der Waals surface area (Å²) in [5.74, 6) is 0.472. The lowest BCUT2D eigenvalue weighted by molar-refractivity contribution is 0.0582. The summed E-state index contributed by atoms with van der Waals surface area (Å²) in [6.45, 7) is 0.564. The lowest BCUT2D eigenvalue weighted by Crippen LogP contribution is -2.42. The van der Waals surface area contributed by atoms with Crippen LogP contribution in [0, 0.1) is 5.82 Å². The molecule has 0 saturated heterocycles. The number of halogens is 1. The van der Waals surface area contributed by atoms with Crippen LogP contribution in [0.3, 0.4) is 0 Å². The quantitative estimate of drug-likeness (QED) is 0.466. The monoisotopic (exact) mass is 479 g/mol. The van der Waals surface area contributed by atoms with E-state index in [2.05, 4.69) is 0 Å². The summed E-state index contributed by atoms with van der Waals surface area (Å²) >= 11 is 0. The highest BCUT2D eigenvalue weighted by molar-refractivity contribution is 5.94. The Labute approximate surface area is 203 Å². The van der Waals surface area contributed by atoms with Crippen LogP contribution in [0.2, 0.25) is 0 Å². The van der Waals surface area contributed by atoms with Gasteiger partial charge in [0.25, 0.3) is 5.91 Å². The predicted octanol–water partition coefficient (Wildman–Crippen LogP) is 4.45. The minimum Gasteiger partial charge on any atom is -0.493 e. The minimum atomic E-state index is -0.474. The molecule has 1 heterocycles. The molecule has 0 saturated carbocycles. The van der Waals surface area contributed by atoms with E-state index in [0.29, 0.717) is 35.8 Å². The Morgan fingerprint density at radius 3 is 2.31 bits per heavy atom. The first-order valence-electron chi connectivity index (χ1n) is 11.1. The summed E-state index contributed by atoms with van der Waals surface area (Å²) in [5.41, 5.74) is 2.55. The van der Waals surface area contributed by atoms with Crippen molar-refractivity contribution in [3.05, 3.63) is 88.7 Å². The summed E-state index contributed by atoms with van der Waals surface area (Å²) in [6.07, 6.45) is 0.598. The molecule has 1 amide bonds. The predicted molar refractivity (Wildman–Crippen MR) is 127 cm³/mol. The molecule has 1 unspecified atom stereocenters. The Kier molecular flexibility index (Phi) is 7.19. The zero-order chi connectivity index (χ0) is 24.9. The molecule has 8 heteroatoms. The first-order chi connectivity index (χ1) is 16.9. The van der Waals surface area contributed by atoms with E-state index in [4.69, 9.17) is 18.9 Å². The lowest BCUT2D eigenvalue weighted by atomic mass is 9.91. The molecular weight excluding hydrogens is 453 g/mol. The molecular formula is C27H26FNO6. The van der Waals surface area contributed by atoms with Crippen molar-refractivity contribution in [3.63, 3.8) is 0 Å². The maximum Gasteiger partial charge on any atom is 0.337 e. The molecule has 3 aromatic rings. The highest BCUT2D eigenvalue weighted by atomic mass is 19.1. The fourth-order valence-electron chi connectivity index (χ4n) is 4.22. The van der Waals surface area contributed by atoms with Crippen LogP contribution in [0.15, 0.2) is 60.7 Å². The van der Waals surface area contributed by atoms with Crippen molar-refractivity contribution in [2.24, 2.45) is 0 Å². The van der Waals surface area contributed by atoms with Gasteiger partial charge in [0.2, 0.25) is 0 Å². The summed E-state index contributed by atoms with van der Waals surface area (Å²) in [7, 11) is 4.45. The van der Waals surface area contributed by atoms with Crippen LogP contribution in [0.5, 0.6) is 17.2 Å². The number of amides is 1. The summed E-state index contributed by atoms with van der Waals surface area (Å²) < 4.78 is 35.6. The molecule has 182 valence electrons. The van der Waals surface area contributed by atoms with Crippen molar-refractivity contribution in [2.45, 2.75) is 12.5 Å². The van der Waals surface area contributed by atoms with Gasteiger partial charge < -0.3 is 23.8 Å². The molecule has 7 nitrogen and oxygen atoms in total.